The Hall–Kier alpha value is -3.60. The fourth-order valence-electron chi connectivity index (χ4n) is 2.95. The van der Waals surface area contributed by atoms with E-state index < -0.39 is 5.91 Å². The molecule has 0 saturated heterocycles. The molecule has 0 saturated carbocycles. The zero-order chi connectivity index (χ0) is 24.3. The smallest absolute Gasteiger partial charge is 0.269 e. The fraction of sp³-hybridized carbons (Fsp3) is 0.304. The first-order valence-corrected chi connectivity index (χ1v) is 11.8. The van der Waals surface area contributed by atoms with Gasteiger partial charge in [-0.1, -0.05) is 25.1 Å². The Balaban J connectivity index is 1.53. The third-order valence-corrected chi connectivity index (χ3v) is 5.79. The Labute approximate surface area is 201 Å². The molecule has 9 nitrogen and oxygen atoms in total. The second kappa shape index (κ2) is 12.6. The lowest BCUT2D eigenvalue weighted by Gasteiger charge is -2.11. The number of aromatic nitrogens is 3. The van der Waals surface area contributed by atoms with Crippen molar-refractivity contribution >= 4 is 29.3 Å². The molecule has 1 aromatic heterocycles. The molecule has 2 aromatic carbocycles. The van der Waals surface area contributed by atoms with Crippen LogP contribution in [0, 0.1) is 5.82 Å². The van der Waals surface area contributed by atoms with Crippen molar-refractivity contribution in [3.8, 4) is 5.75 Å². The van der Waals surface area contributed by atoms with Gasteiger partial charge in [-0.05, 0) is 55.0 Å². The number of benzene rings is 2. The van der Waals surface area contributed by atoms with Crippen LogP contribution in [0.4, 0.5) is 10.1 Å². The predicted molar refractivity (Wildman–Crippen MR) is 128 cm³/mol. The minimum Gasteiger partial charge on any atom is -0.497 e. The van der Waals surface area contributed by atoms with Gasteiger partial charge in [-0.3, -0.25) is 20.4 Å². The molecule has 2 amide bonds. The van der Waals surface area contributed by atoms with Crippen LogP contribution in [0.25, 0.3) is 0 Å². The summed E-state index contributed by atoms with van der Waals surface area (Å²) in [5.41, 5.74) is 5.97. The van der Waals surface area contributed by atoms with Gasteiger partial charge < -0.3 is 14.6 Å². The van der Waals surface area contributed by atoms with Crippen molar-refractivity contribution < 1.29 is 18.7 Å². The lowest BCUT2D eigenvalue weighted by atomic mass is 10.2. The SMILES string of the molecule is CCCCn1c(CNc2ccc(F)cc2)nnc1SCC(=O)NNC(=O)c1ccc(OC)cc1. The molecule has 34 heavy (non-hydrogen) atoms. The van der Waals surface area contributed by atoms with E-state index in [-0.39, 0.29) is 17.5 Å². The summed E-state index contributed by atoms with van der Waals surface area (Å²) in [5.74, 6) is 0.307. The number of hydrazine groups is 1. The van der Waals surface area contributed by atoms with Gasteiger partial charge in [0.1, 0.15) is 11.6 Å². The zero-order valence-corrected chi connectivity index (χ0v) is 19.8. The summed E-state index contributed by atoms with van der Waals surface area (Å²) in [7, 11) is 1.54. The van der Waals surface area contributed by atoms with Crippen molar-refractivity contribution in [1.29, 1.82) is 0 Å². The first-order valence-electron chi connectivity index (χ1n) is 10.8. The average Bonchev–Trinajstić information content (AvgIpc) is 3.25. The number of methoxy groups -OCH3 is 1. The molecule has 0 aliphatic carbocycles. The normalized spacial score (nSPS) is 10.6. The number of nitrogens with zero attached hydrogens (tertiary/aromatic N) is 3. The van der Waals surface area contributed by atoms with Crippen LogP contribution in [0.1, 0.15) is 35.9 Å². The van der Waals surface area contributed by atoms with Crippen molar-refractivity contribution in [3.63, 3.8) is 0 Å². The van der Waals surface area contributed by atoms with E-state index in [0.29, 0.717) is 35.4 Å². The van der Waals surface area contributed by atoms with Crippen molar-refractivity contribution in [2.45, 2.75) is 38.0 Å². The molecule has 3 N–H and O–H groups in total. The van der Waals surface area contributed by atoms with Gasteiger partial charge in [-0.15, -0.1) is 10.2 Å². The highest BCUT2D eigenvalue weighted by atomic mass is 32.2. The maximum absolute atomic E-state index is 13.1. The maximum atomic E-state index is 13.1. The second-order valence-corrected chi connectivity index (χ2v) is 8.23. The molecule has 0 aliphatic rings. The Morgan fingerprint density at radius 1 is 1.06 bits per heavy atom. The summed E-state index contributed by atoms with van der Waals surface area (Å²) in [6.07, 6.45) is 1.92. The summed E-state index contributed by atoms with van der Waals surface area (Å²) in [4.78, 5) is 24.4. The standard InChI is InChI=1S/C23H27FN6O3S/c1-3-4-13-30-20(14-25-18-9-7-17(24)8-10-18)26-29-23(30)34-15-21(31)27-28-22(32)16-5-11-19(33-2)12-6-16/h5-12,25H,3-4,13-15H2,1-2H3,(H,27,31)(H,28,32). The Morgan fingerprint density at radius 3 is 2.47 bits per heavy atom. The minimum absolute atomic E-state index is 0.0541. The summed E-state index contributed by atoms with van der Waals surface area (Å²) < 4.78 is 20.1. The molecule has 0 bridgehead atoms. The Kier molecular flexibility index (Phi) is 9.27. The van der Waals surface area contributed by atoms with Gasteiger partial charge in [0.05, 0.1) is 19.4 Å². The van der Waals surface area contributed by atoms with E-state index in [1.54, 1.807) is 43.5 Å². The Morgan fingerprint density at radius 2 is 1.79 bits per heavy atom. The number of thioether (sulfide) groups is 1. The van der Waals surface area contributed by atoms with E-state index in [1.807, 2.05) is 4.57 Å². The van der Waals surface area contributed by atoms with Gasteiger partial charge in [0.15, 0.2) is 11.0 Å². The molecule has 0 fully saturated rings. The van der Waals surface area contributed by atoms with Crippen LogP contribution >= 0.6 is 11.8 Å². The number of ether oxygens (including phenoxy) is 1. The second-order valence-electron chi connectivity index (χ2n) is 7.28. The molecule has 0 atom stereocenters. The third kappa shape index (κ3) is 7.20. The number of hydrogen-bond acceptors (Lipinski definition) is 7. The molecule has 1 heterocycles. The Bertz CT molecular complexity index is 1090. The summed E-state index contributed by atoms with van der Waals surface area (Å²) in [5, 5.41) is 12.3. The topological polar surface area (TPSA) is 110 Å². The molecule has 0 aliphatic heterocycles. The molecule has 0 radical (unpaired) electrons. The van der Waals surface area contributed by atoms with Crippen LogP contribution in [-0.2, 0) is 17.9 Å². The van der Waals surface area contributed by atoms with Crippen LogP contribution in [0.5, 0.6) is 5.75 Å². The average molecular weight is 487 g/mol. The van der Waals surface area contributed by atoms with Crippen LogP contribution in [0.2, 0.25) is 0 Å². The van der Waals surface area contributed by atoms with Gasteiger partial charge in [0.25, 0.3) is 5.91 Å². The predicted octanol–water partition coefficient (Wildman–Crippen LogP) is 3.39. The van der Waals surface area contributed by atoms with Crippen LogP contribution in [0.15, 0.2) is 53.7 Å². The van der Waals surface area contributed by atoms with Gasteiger partial charge in [-0.2, -0.15) is 0 Å². The van der Waals surface area contributed by atoms with Crippen molar-refractivity contribution in [2.24, 2.45) is 0 Å². The molecule has 3 rings (SSSR count). The van der Waals surface area contributed by atoms with E-state index in [9.17, 15) is 14.0 Å². The summed E-state index contributed by atoms with van der Waals surface area (Å²) in [6.45, 7) is 3.21. The van der Waals surface area contributed by atoms with E-state index in [1.165, 1.54) is 23.9 Å². The number of nitrogens with one attached hydrogen (secondary N) is 3. The molecule has 0 spiro atoms. The lowest BCUT2D eigenvalue weighted by molar-refractivity contribution is -0.119. The zero-order valence-electron chi connectivity index (χ0n) is 19.0. The van der Waals surface area contributed by atoms with E-state index in [0.717, 1.165) is 18.5 Å². The number of rotatable bonds is 11. The summed E-state index contributed by atoms with van der Waals surface area (Å²) >= 11 is 1.23. The maximum Gasteiger partial charge on any atom is 0.269 e. The van der Waals surface area contributed by atoms with Crippen LogP contribution in [-0.4, -0.2) is 39.4 Å². The molecule has 0 unspecified atom stereocenters. The molecule has 3 aromatic rings. The van der Waals surface area contributed by atoms with Gasteiger partial charge >= 0.3 is 0 Å². The van der Waals surface area contributed by atoms with Gasteiger partial charge in [0, 0.05) is 17.8 Å². The highest BCUT2D eigenvalue weighted by Crippen LogP contribution is 2.19. The van der Waals surface area contributed by atoms with Crippen molar-refractivity contribution in [1.82, 2.24) is 25.6 Å². The lowest BCUT2D eigenvalue weighted by Crippen LogP contribution is -2.42. The molecule has 11 heteroatoms. The highest BCUT2D eigenvalue weighted by Gasteiger charge is 2.15. The monoisotopic (exact) mass is 486 g/mol. The van der Waals surface area contributed by atoms with E-state index in [2.05, 4.69) is 33.3 Å². The highest BCUT2D eigenvalue weighted by molar-refractivity contribution is 7.99. The van der Waals surface area contributed by atoms with Crippen molar-refractivity contribution in [3.05, 3.63) is 65.7 Å². The number of unbranched alkanes of at least 4 members (excludes halogenated alkanes) is 1. The number of carbonyl (C=O) groups excluding carboxylic acids is 2. The number of carbonyl (C=O) groups is 2. The van der Waals surface area contributed by atoms with E-state index >= 15 is 0 Å². The van der Waals surface area contributed by atoms with Crippen LogP contribution < -0.4 is 20.9 Å². The number of halogens is 1. The first kappa shape index (κ1) is 25.0. The third-order valence-electron chi connectivity index (χ3n) is 4.82. The van der Waals surface area contributed by atoms with Crippen LogP contribution in [0.3, 0.4) is 0 Å². The molecular formula is C23H27FN6O3S. The summed E-state index contributed by atoms with van der Waals surface area (Å²) in [6, 6.07) is 12.6. The van der Waals surface area contributed by atoms with E-state index in [4.69, 9.17) is 4.74 Å². The number of amides is 2. The number of hydrogen-bond donors (Lipinski definition) is 3. The largest absolute Gasteiger partial charge is 0.497 e. The quantitative estimate of drug-likeness (QED) is 0.281. The molecular weight excluding hydrogens is 459 g/mol. The number of anilines is 1. The molecule has 180 valence electrons. The van der Waals surface area contributed by atoms with Gasteiger partial charge in [0.2, 0.25) is 5.91 Å². The minimum atomic E-state index is -0.429. The van der Waals surface area contributed by atoms with Gasteiger partial charge in [-0.25, -0.2) is 4.39 Å². The first-order chi connectivity index (χ1) is 16.5. The van der Waals surface area contributed by atoms with Crippen molar-refractivity contribution in [2.75, 3.05) is 18.2 Å². The fourth-order valence-corrected chi connectivity index (χ4v) is 3.74.